The van der Waals surface area contributed by atoms with Gasteiger partial charge in [-0.2, -0.15) is 13.2 Å². The monoisotopic (exact) mass is 273 g/mol. The van der Waals surface area contributed by atoms with Crippen molar-refractivity contribution < 1.29 is 22.7 Å². The van der Waals surface area contributed by atoms with E-state index in [1.54, 1.807) is 18.2 Å². The van der Waals surface area contributed by atoms with Gasteiger partial charge in [0.25, 0.3) is 0 Å². The van der Waals surface area contributed by atoms with Crippen LogP contribution in [0.2, 0.25) is 0 Å². The van der Waals surface area contributed by atoms with Crippen molar-refractivity contribution in [3.63, 3.8) is 0 Å². The molecule has 0 bridgehead atoms. The number of hydrogen-bond donors (Lipinski definition) is 1. The largest absolute Gasteiger partial charge is 0.490 e. The molecule has 1 atom stereocenters. The van der Waals surface area contributed by atoms with Crippen molar-refractivity contribution >= 4 is 11.6 Å². The van der Waals surface area contributed by atoms with E-state index in [0.717, 1.165) is 17.7 Å². The molecule has 1 heterocycles. The topological polar surface area (TPSA) is 38.3 Å². The molecule has 0 spiro atoms. The lowest BCUT2D eigenvalue weighted by atomic mass is 10.1. The van der Waals surface area contributed by atoms with Crippen LogP contribution < -0.4 is 10.1 Å². The predicted molar refractivity (Wildman–Crippen MR) is 64.2 cm³/mol. The molecule has 1 aromatic carbocycles. The average Bonchev–Trinajstić information content (AvgIpc) is 2.65. The highest BCUT2D eigenvalue weighted by Crippen LogP contribution is 2.31. The van der Waals surface area contributed by atoms with Crippen LogP contribution in [-0.4, -0.2) is 18.2 Å². The van der Waals surface area contributed by atoms with Gasteiger partial charge in [-0.05, 0) is 30.7 Å². The first-order valence-corrected chi connectivity index (χ1v) is 6.00. The first-order chi connectivity index (χ1) is 8.83. The zero-order chi connectivity index (χ0) is 14.0. The van der Waals surface area contributed by atoms with Crippen LogP contribution >= 0.6 is 0 Å². The third-order valence-corrected chi connectivity index (χ3v) is 2.82. The van der Waals surface area contributed by atoms with Crippen molar-refractivity contribution in [1.82, 2.24) is 0 Å². The number of ether oxygens (including phenoxy) is 1. The number of amides is 1. The third-order valence-electron chi connectivity index (χ3n) is 2.82. The number of benzene rings is 1. The Kier molecular flexibility index (Phi) is 3.68. The van der Waals surface area contributed by atoms with E-state index in [4.69, 9.17) is 4.74 Å². The SMILES string of the molecule is CC1Cc2cc(NC(=O)CCC(F)(F)F)ccc2O1. The maximum absolute atomic E-state index is 12.0. The summed E-state index contributed by atoms with van der Waals surface area (Å²) in [5.41, 5.74) is 1.46. The Morgan fingerprint density at radius 1 is 1.47 bits per heavy atom. The molecule has 19 heavy (non-hydrogen) atoms. The number of hydrogen-bond acceptors (Lipinski definition) is 2. The molecule has 1 N–H and O–H groups in total. The van der Waals surface area contributed by atoms with Gasteiger partial charge in [0.1, 0.15) is 11.9 Å². The van der Waals surface area contributed by atoms with Gasteiger partial charge in [0.2, 0.25) is 5.91 Å². The number of anilines is 1. The van der Waals surface area contributed by atoms with Crippen molar-refractivity contribution in [1.29, 1.82) is 0 Å². The maximum atomic E-state index is 12.0. The van der Waals surface area contributed by atoms with Crippen LogP contribution in [0.15, 0.2) is 18.2 Å². The third kappa shape index (κ3) is 3.87. The molecular formula is C13H14F3NO2. The molecule has 0 saturated carbocycles. The standard InChI is InChI=1S/C13H14F3NO2/c1-8-6-9-7-10(2-3-11(9)19-8)17-12(18)4-5-13(14,15)16/h2-3,7-8H,4-6H2,1H3,(H,17,18). The van der Waals surface area contributed by atoms with Gasteiger partial charge in [0, 0.05) is 18.5 Å². The maximum Gasteiger partial charge on any atom is 0.389 e. The van der Waals surface area contributed by atoms with E-state index in [0.29, 0.717) is 5.69 Å². The van der Waals surface area contributed by atoms with Crippen LogP contribution in [0, 0.1) is 0 Å². The van der Waals surface area contributed by atoms with Gasteiger partial charge in [-0.1, -0.05) is 0 Å². The minimum atomic E-state index is -4.31. The van der Waals surface area contributed by atoms with E-state index in [1.165, 1.54) is 0 Å². The second-order valence-corrected chi connectivity index (χ2v) is 4.62. The second-order valence-electron chi connectivity index (χ2n) is 4.62. The number of halogens is 3. The molecule has 0 radical (unpaired) electrons. The molecule has 0 aromatic heterocycles. The molecule has 1 amide bonds. The summed E-state index contributed by atoms with van der Waals surface area (Å²) in [7, 11) is 0. The molecule has 0 saturated heterocycles. The zero-order valence-corrected chi connectivity index (χ0v) is 10.4. The fourth-order valence-electron chi connectivity index (χ4n) is 1.98. The van der Waals surface area contributed by atoms with Gasteiger partial charge in [-0.15, -0.1) is 0 Å². The molecule has 1 unspecified atom stereocenters. The second kappa shape index (κ2) is 5.11. The van der Waals surface area contributed by atoms with Crippen molar-refractivity contribution in [3.05, 3.63) is 23.8 Å². The Morgan fingerprint density at radius 2 is 2.21 bits per heavy atom. The molecule has 1 aliphatic rings. The highest BCUT2D eigenvalue weighted by atomic mass is 19.4. The quantitative estimate of drug-likeness (QED) is 0.917. The summed E-state index contributed by atoms with van der Waals surface area (Å²) in [6.07, 6.45) is -5.15. The fraction of sp³-hybridized carbons (Fsp3) is 0.462. The molecule has 0 fully saturated rings. The van der Waals surface area contributed by atoms with E-state index in [1.807, 2.05) is 6.92 Å². The Hall–Kier alpha value is -1.72. The van der Waals surface area contributed by atoms with Crippen molar-refractivity contribution in [2.45, 2.75) is 38.5 Å². The lowest BCUT2D eigenvalue weighted by Gasteiger charge is -2.08. The van der Waals surface area contributed by atoms with Crippen LogP contribution in [0.1, 0.15) is 25.3 Å². The minimum Gasteiger partial charge on any atom is -0.490 e. The Bertz CT molecular complexity index is 485. The van der Waals surface area contributed by atoms with E-state index in [2.05, 4.69) is 5.32 Å². The van der Waals surface area contributed by atoms with Gasteiger partial charge in [-0.25, -0.2) is 0 Å². The Morgan fingerprint density at radius 3 is 2.89 bits per heavy atom. The van der Waals surface area contributed by atoms with Crippen molar-refractivity contribution in [2.24, 2.45) is 0 Å². The first-order valence-electron chi connectivity index (χ1n) is 6.00. The summed E-state index contributed by atoms with van der Waals surface area (Å²) < 4.78 is 41.4. The van der Waals surface area contributed by atoms with E-state index in [-0.39, 0.29) is 6.10 Å². The van der Waals surface area contributed by atoms with Crippen LogP contribution in [0.25, 0.3) is 0 Å². The number of carbonyl (C=O) groups is 1. The molecule has 2 rings (SSSR count). The Labute approximate surface area is 108 Å². The average molecular weight is 273 g/mol. The molecule has 1 aromatic rings. The molecule has 104 valence electrons. The van der Waals surface area contributed by atoms with Gasteiger partial charge in [-0.3, -0.25) is 4.79 Å². The summed E-state index contributed by atoms with van der Waals surface area (Å²) in [6.45, 7) is 1.93. The normalized spacial score (nSPS) is 17.8. The molecule has 0 aliphatic carbocycles. The van der Waals surface area contributed by atoms with Gasteiger partial charge in [0.15, 0.2) is 0 Å². The van der Waals surface area contributed by atoms with E-state index in [9.17, 15) is 18.0 Å². The van der Waals surface area contributed by atoms with Gasteiger partial charge < -0.3 is 10.1 Å². The van der Waals surface area contributed by atoms with Crippen molar-refractivity contribution in [3.8, 4) is 5.75 Å². The summed E-state index contributed by atoms with van der Waals surface area (Å²) >= 11 is 0. The first kappa shape index (κ1) is 13.7. The van der Waals surface area contributed by atoms with E-state index >= 15 is 0 Å². The minimum absolute atomic E-state index is 0.0891. The van der Waals surface area contributed by atoms with Crippen LogP contribution in [0.5, 0.6) is 5.75 Å². The number of fused-ring (bicyclic) bond motifs is 1. The predicted octanol–water partition coefficient (Wildman–Crippen LogP) is 3.29. The molecular weight excluding hydrogens is 259 g/mol. The van der Waals surface area contributed by atoms with E-state index < -0.39 is 24.9 Å². The lowest BCUT2D eigenvalue weighted by molar-refractivity contribution is -0.142. The summed E-state index contributed by atoms with van der Waals surface area (Å²) in [4.78, 5) is 11.4. The number of carbonyl (C=O) groups excluding carboxylic acids is 1. The Balaban J connectivity index is 1.93. The lowest BCUT2D eigenvalue weighted by Crippen LogP contribution is -2.16. The highest BCUT2D eigenvalue weighted by Gasteiger charge is 2.28. The smallest absolute Gasteiger partial charge is 0.389 e. The fourth-order valence-corrected chi connectivity index (χ4v) is 1.98. The molecule has 3 nitrogen and oxygen atoms in total. The van der Waals surface area contributed by atoms with Crippen LogP contribution in [0.3, 0.4) is 0 Å². The molecule has 6 heteroatoms. The summed E-state index contributed by atoms with van der Waals surface area (Å²) in [6, 6.07) is 5.09. The number of rotatable bonds is 3. The van der Waals surface area contributed by atoms with Crippen LogP contribution in [0.4, 0.5) is 18.9 Å². The van der Waals surface area contributed by atoms with Gasteiger partial charge >= 0.3 is 6.18 Å². The molecule has 1 aliphatic heterocycles. The number of alkyl halides is 3. The van der Waals surface area contributed by atoms with Crippen LogP contribution in [-0.2, 0) is 11.2 Å². The number of nitrogens with one attached hydrogen (secondary N) is 1. The van der Waals surface area contributed by atoms with Gasteiger partial charge in [0.05, 0.1) is 6.42 Å². The van der Waals surface area contributed by atoms with Crippen molar-refractivity contribution in [2.75, 3.05) is 5.32 Å². The summed E-state index contributed by atoms with van der Waals surface area (Å²) in [5, 5.41) is 2.46. The zero-order valence-electron chi connectivity index (χ0n) is 10.4. The summed E-state index contributed by atoms with van der Waals surface area (Å²) in [5.74, 6) is 0.130. The highest BCUT2D eigenvalue weighted by molar-refractivity contribution is 5.90.